The summed E-state index contributed by atoms with van der Waals surface area (Å²) in [5.74, 6) is 1.91. The van der Waals surface area contributed by atoms with Crippen LogP contribution in [0.25, 0.3) is 16.7 Å². The SMILES string of the molecule is c1ccc(CSc2cc3ccccc3n2-c2ccccn2)cc1. The summed E-state index contributed by atoms with van der Waals surface area (Å²) in [5.41, 5.74) is 2.53. The third-order valence-corrected chi connectivity index (χ3v) is 4.86. The maximum absolute atomic E-state index is 4.54. The van der Waals surface area contributed by atoms with Crippen molar-refractivity contribution in [2.24, 2.45) is 0 Å². The van der Waals surface area contributed by atoms with E-state index in [0.29, 0.717) is 0 Å². The van der Waals surface area contributed by atoms with Crippen LogP contribution in [0, 0.1) is 0 Å². The maximum Gasteiger partial charge on any atom is 0.137 e. The molecular weight excluding hydrogens is 300 g/mol. The molecule has 0 aliphatic heterocycles. The number of rotatable bonds is 4. The van der Waals surface area contributed by atoms with Crippen LogP contribution in [0.2, 0.25) is 0 Å². The highest BCUT2D eigenvalue weighted by Crippen LogP contribution is 2.32. The van der Waals surface area contributed by atoms with Crippen molar-refractivity contribution in [3.05, 3.63) is 90.6 Å². The second kappa shape index (κ2) is 6.31. The first-order valence-corrected chi connectivity index (χ1v) is 8.59. The molecule has 4 aromatic rings. The van der Waals surface area contributed by atoms with Gasteiger partial charge in [0.1, 0.15) is 5.82 Å². The molecule has 0 saturated carbocycles. The van der Waals surface area contributed by atoms with Crippen LogP contribution in [-0.4, -0.2) is 9.55 Å². The van der Waals surface area contributed by atoms with Crippen molar-refractivity contribution in [2.75, 3.05) is 0 Å². The Balaban J connectivity index is 1.76. The fourth-order valence-electron chi connectivity index (χ4n) is 2.69. The summed E-state index contributed by atoms with van der Waals surface area (Å²) in [5, 5.41) is 2.46. The summed E-state index contributed by atoms with van der Waals surface area (Å²) < 4.78 is 2.24. The Hall–Kier alpha value is -2.52. The van der Waals surface area contributed by atoms with E-state index in [9.17, 15) is 0 Å². The van der Waals surface area contributed by atoms with Crippen molar-refractivity contribution in [3.63, 3.8) is 0 Å². The number of benzene rings is 2. The van der Waals surface area contributed by atoms with Crippen LogP contribution in [0.3, 0.4) is 0 Å². The zero-order valence-electron chi connectivity index (χ0n) is 12.6. The van der Waals surface area contributed by atoms with Gasteiger partial charge in [-0.05, 0) is 29.8 Å². The number of thioether (sulfide) groups is 1. The molecule has 4 rings (SSSR count). The Morgan fingerprint density at radius 2 is 1.61 bits per heavy atom. The molecule has 0 spiro atoms. The summed E-state index contributed by atoms with van der Waals surface area (Å²) >= 11 is 1.84. The van der Waals surface area contributed by atoms with Crippen molar-refractivity contribution < 1.29 is 0 Å². The van der Waals surface area contributed by atoms with Crippen LogP contribution in [-0.2, 0) is 5.75 Å². The largest absolute Gasteiger partial charge is 0.289 e. The van der Waals surface area contributed by atoms with Crippen LogP contribution >= 0.6 is 11.8 Å². The molecule has 0 bridgehead atoms. The van der Waals surface area contributed by atoms with Crippen molar-refractivity contribution in [1.82, 2.24) is 9.55 Å². The highest BCUT2D eigenvalue weighted by molar-refractivity contribution is 7.98. The third-order valence-electron chi connectivity index (χ3n) is 3.78. The summed E-state index contributed by atoms with van der Waals surface area (Å²) in [6, 6.07) is 27.3. The number of fused-ring (bicyclic) bond motifs is 1. The monoisotopic (exact) mass is 316 g/mol. The van der Waals surface area contributed by atoms with Gasteiger partial charge in [-0.2, -0.15) is 0 Å². The molecule has 0 atom stereocenters. The number of pyridine rings is 1. The second-order valence-corrected chi connectivity index (χ2v) is 6.33. The van der Waals surface area contributed by atoms with Gasteiger partial charge in [-0.15, -0.1) is 11.8 Å². The maximum atomic E-state index is 4.54. The van der Waals surface area contributed by atoms with Crippen LogP contribution in [0.15, 0.2) is 90.1 Å². The molecule has 0 aliphatic rings. The topological polar surface area (TPSA) is 17.8 Å². The lowest BCUT2D eigenvalue weighted by molar-refractivity contribution is 0.942. The molecule has 0 saturated heterocycles. The van der Waals surface area contributed by atoms with Gasteiger partial charge in [0.05, 0.1) is 10.5 Å². The van der Waals surface area contributed by atoms with E-state index in [2.05, 4.69) is 76.3 Å². The normalized spacial score (nSPS) is 11.0. The molecule has 2 heterocycles. The van der Waals surface area contributed by atoms with E-state index >= 15 is 0 Å². The highest BCUT2D eigenvalue weighted by atomic mass is 32.2. The standard InChI is InChI=1S/C20H16N2S/c1-2-8-16(9-3-1)15-23-20-14-17-10-4-5-11-18(17)22(20)19-12-6-7-13-21-19/h1-14H,15H2. The number of hydrogen-bond acceptors (Lipinski definition) is 2. The smallest absolute Gasteiger partial charge is 0.137 e. The van der Waals surface area contributed by atoms with E-state index in [1.807, 2.05) is 30.1 Å². The summed E-state index contributed by atoms with van der Waals surface area (Å²) in [6.07, 6.45) is 1.84. The third kappa shape index (κ3) is 2.88. The van der Waals surface area contributed by atoms with E-state index in [4.69, 9.17) is 0 Å². The Bertz CT molecular complexity index is 914. The average molecular weight is 316 g/mol. The van der Waals surface area contributed by atoms with Gasteiger partial charge in [0, 0.05) is 17.3 Å². The quantitative estimate of drug-likeness (QED) is 0.474. The minimum Gasteiger partial charge on any atom is -0.289 e. The fourth-order valence-corrected chi connectivity index (χ4v) is 3.73. The molecule has 3 heteroatoms. The van der Waals surface area contributed by atoms with E-state index in [-0.39, 0.29) is 0 Å². The van der Waals surface area contributed by atoms with Gasteiger partial charge in [-0.3, -0.25) is 4.57 Å². The molecule has 0 radical (unpaired) electrons. The Morgan fingerprint density at radius 3 is 2.43 bits per heavy atom. The van der Waals surface area contributed by atoms with Gasteiger partial charge in [-0.25, -0.2) is 4.98 Å². The lowest BCUT2D eigenvalue weighted by Crippen LogP contribution is -1.98. The molecule has 23 heavy (non-hydrogen) atoms. The predicted octanol–water partition coefficient (Wildman–Crippen LogP) is 5.32. The highest BCUT2D eigenvalue weighted by Gasteiger charge is 2.11. The second-order valence-electron chi connectivity index (χ2n) is 5.34. The predicted molar refractivity (Wildman–Crippen MR) is 97.1 cm³/mol. The first-order chi connectivity index (χ1) is 11.4. The molecule has 2 nitrogen and oxygen atoms in total. The zero-order valence-corrected chi connectivity index (χ0v) is 13.4. The van der Waals surface area contributed by atoms with Gasteiger partial charge in [0.2, 0.25) is 0 Å². The summed E-state index contributed by atoms with van der Waals surface area (Å²) in [7, 11) is 0. The van der Waals surface area contributed by atoms with Gasteiger partial charge in [-0.1, -0.05) is 54.6 Å². The molecular formula is C20H16N2S. The molecule has 0 unspecified atom stereocenters. The zero-order chi connectivity index (χ0) is 15.5. The van der Waals surface area contributed by atoms with Crippen molar-refractivity contribution in [1.29, 1.82) is 0 Å². The van der Waals surface area contributed by atoms with E-state index in [0.717, 1.165) is 11.6 Å². The lowest BCUT2D eigenvalue weighted by Gasteiger charge is -2.09. The first kappa shape index (κ1) is 14.1. The molecule has 0 aliphatic carbocycles. The summed E-state index contributed by atoms with van der Waals surface area (Å²) in [6.45, 7) is 0. The Morgan fingerprint density at radius 1 is 0.826 bits per heavy atom. The van der Waals surface area contributed by atoms with E-state index < -0.39 is 0 Å². The van der Waals surface area contributed by atoms with Gasteiger partial charge >= 0.3 is 0 Å². The minimum atomic E-state index is 0.948. The lowest BCUT2D eigenvalue weighted by atomic mass is 10.2. The van der Waals surface area contributed by atoms with Gasteiger partial charge < -0.3 is 0 Å². The molecule has 0 amide bonds. The van der Waals surface area contributed by atoms with E-state index in [1.165, 1.54) is 21.5 Å². The number of para-hydroxylation sites is 1. The van der Waals surface area contributed by atoms with Gasteiger partial charge in [0.25, 0.3) is 0 Å². The molecule has 112 valence electrons. The molecule has 2 aromatic carbocycles. The van der Waals surface area contributed by atoms with E-state index in [1.54, 1.807) is 0 Å². The molecule has 2 aromatic heterocycles. The minimum absolute atomic E-state index is 0.948. The van der Waals surface area contributed by atoms with Crippen molar-refractivity contribution in [2.45, 2.75) is 10.8 Å². The van der Waals surface area contributed by atoms with Crippen molar-refractivity contribution >= 4 is 22.7 Å². The Kier molecular flexibility index (Phi) is 3.86. The summed E-state index contributed by atoms with van der Waals surface area (Å²) in [4.78, 5) is 4.54. The van der Waals surface area contributed by atoms with Crippen LogP contribution in [0.1, 0.15) is 5.56 Å². The number of nitrogens with zero attached hydrogens (tertiary/aromatic N) is 2. The number of aromatic nitrogens is 2. The fraction of sp³-hybridized carbons (Fsp3) is 0.0500. The molecule has 0 N–H and O–H groups in total. The first-order valence-electron chi connectivity index (χ1n) is 7.60. The Labute approximate surface area is 139 Å². The van der Waals surface area contributed by atoms with Crippen LogP contribution in [0.4, 0.5) is 0 Å². The number of hydrogen-bond donors (Lipinski definition) is 0. The van der Waals surface area contributed by atoms with Crippen LogP contribution < -0.4 is 0 Å². The molecule has 0 fully saturated rings. The van der Waals surface area contributed by atoms with Crippen molar-refractivity contribution in [3.8, 4) is 5.82 Å². The average Bonchev–Trinajstić information content (AvgIpc) is 3.00. The van der Waals surface area contributed by atoms with Gasteiger partial charge in [0.15, 0.2) is 0 Å². The van der Waals surface area contributed by atoms with Crippen LogP contribution in [0.5, 0.6) is 0 Å².